The molecular formula is C23H31NO2. The maximum atomic E-state index is 12.6. The van der Waals surface area contributed by atoms with E-state index in [0.29, 0.717) is 5.92 Å². The van der Waals surface area contributed by atoms with Gasteiger partial charge in [0.1, 0.15) is 5.75 Å². The second-order valence-corrected chi connectivity index (χ2v) is 7.53. The largest absolute Gasteiger partial charge is 0.481 e. The number of ether oxygens (including phenoxy) is 1. The minimum atomic E-state index is -0.553. The second kappa shape index (κ2) is 8.39. The van der Waals surface area contributed by atoms with Gasteiger partial charge in [0.15, 0.2) is 6.10 Å². The SMILES string of the molecule is Cc1ccc(C(C)C)c(O[C@H](C)C(=O)N[C@H](C)c2ccc(C)c(C)c2)c1. The fourth-order valence-corrected chi connectivity index (χ4v) is 2.91. The summed E-state index contributed by atoms with van der Waals surface area (Å²) in [5, 5.41) is 3.06. The lowest BCUT2D eigenvalue weighted by Gasteiger charge is -2.22. The fourth-order valence-electron chi connectivity index (χ4n) is 2.91. The van der Waals surface area contributed by atoms with Crippen molar-refractivity contribution in [2.24, 2.45) is 0 Å². The molecule has 0 aliphatic rings. The number of benzene rings is 2. The third-order valence-corrected chi connectivity index (χ3v) is 4.85. The molecule has 3 heteroatoms. The molecule has 0 radical (unpaired) electrons. The van der Waals surface area contributed by atoms with E-state index in [4.69, 9.17) is 4.74 Å². The van der Waals surface area contributed by atoms with E-state index in [1.54, 1.807) is 6.92 Å². The molecule has 2 atom stereocenters. The summed E-state index contributed by atoms with van der Waals surface area (Å²) < 4.78 is 6.02. The van der Waals surface area contributed by atoms with Crippen molar-refractivity contribution in [1.82, 2.24) is 5.32 Å². The molecule has 26 heavy (non-hydrogen) atoms. The molecule has 0 saturated heterocycles. The summed E-state index contributed by atoms with van der Waals surface area (Å²) in [5.41, 5.74) is 5.84. The molecular weight excluding hydrogens is 322 g/mol. The number of nitrogens with one attached hydrogen (secondary N) is 1. The van der Waals surface area contributed by atoms with Crippen molar-refractivity contribution in [2.75, 3.05) is 0 Å². The van der Waals surface area contributed by atoms with Gasteiger partial charge in [-0.15, -0.1) is 0 Å². The summed E-state index contributed by atoms with van der Waals surface area (Å²) in [4.78, 5) is 12.6. The maximum Gasteiger partial charge on any atom is 0.261 e. The van der Waals surface area contributed by atoms with E-state index < -0.39 is 6.10 Å². The van der Waals surface area contributed by atoms with Crippen LogP contribution in [0, 0.1) is 20.8 Å². The highest BCUT2D eigenvalue weighted by atomic mass is 16.5. The fraction of sp³-hybridized carbons (Fsp3) is 0.435. The van der Waals surface area contributed by atoms with E-state index >= 15 is 0 Å². The normalized spacial score (nSPS) is 13.4. The number of aryl methyl sites for hydroxylation is 3. The van der Waals surface area contributed by atoms with Crippen molar-refractivity contribution in [2.45, 2.75) is 66.5 Å². The predicted molar refractivity (Wildman–Crippen MR) is 108 cm³/mol. The first kappa shape index (κ1) is 20.0. The van der Waals surface area contributed by atoms with Crippen molar-refractivity contribution >= 4 is 5.91 Å². The third kappa shape index (κ3) is 4.87. The van der Waals surface area contributed by atoms with Crippen LogP contribution in [-0.2, 0) is 4.79 Å². The third-order valence-electron chi connectivity index (χ3n) is 4.85. The molecule has 0 aliphatic carbocycles. The Morgan fingerprint density at radius 1 is 0.923 bits per heavy atom. The van der Waals surface area contributed by atoms with Crippen LogP contribution in [0.3, 0.4) is 0 Å². The van der Waals surface area contributed by atoms with Crippen molar-refractivity contribution in [3.63, 3.8) is 0 Å². The first-order chi connectivity index (χ1) is 12.2. The lowest BCUT2D eigenvalue weighted by Crippen LogP contribution is -2.38. The van der Waals surface area contributed by atoms with Crippen molar-refractivity contribution < 1.29 is 9.53 Å². The van der Waals surface area contributed by atoms with E-state index in [0.717, 1.165) is 22.4 Å². The summed E-state index contributed by atoms with van der Waals surface area (Å²) in [6.07, 6.45) is -0.553. The Balaban J connectivity index is 2.08. The van der Waals surface area contributed by atoms with Gasteiger partial charge in [-0.05, 0) is 74.4 Å². The van der Waals surface area contributed by atoms with Crippen LogP contribution in [0.5, 0.6) is 5.75 Å². The van der Waals surface area contributed by atoms with Crippen LogP contribution in [0.1, 0.15) is 67.5 Å². The van der Waals surface area contributed by atoms with Gasteiger partial charge in [-0.2, -0.15) is 0 Å². The Labute approximate surface area is 157 Å². The summed E-state index contributed by atoms with van der Waals surface area (Å²) in [7, 11) is 0. The zero-order chi connectivity index (χ0) is 19.4. The molecule has 0 spiro atoms. The van der Waals surface area contributed by atoms with Crippen LogP contribution >= 0.6 is 0 Å². The number of amides is 1. The number of hydrogen-bond donors (Lipinski definition) is 1. The number of carbonyl (C=O) groups excluding carboxylic acids is 1. The maximum absolute atomic E-state index is 12.6. The Morgan fingerprint density at radius 3 is 2.23 bits per heavy atom. The van der Waals surface area contributed by atoms with Crippen LogP contribution in [0.4, 0.5) is 0 Å². The van der Waals surface area contributed by atoms with Gasteiger partial charge in [0, 0.05) is 0 Å². The minimum Gasteiger partial charge on any atom is -0.481 e. The smallest absolute Gasteiger partial charge is 0.261 e. The zero-order valence-electron chi connectivity index (χ0n) is 17.0. The van der Waals surface area contributed by atoms with Gasteiger partial charge in [-0.1, -0.05) is 44.2 Å². The monoisotopic (exact) mass is 353 g/mol. The van der Waals surface area contributed by atoms with Crippen molar-refractivity contribution in [3.05, 3.63) is 64.2 Å². The quantitative estimate of drug-likeness (QED) is 0.757. The van der Waals surface area contributed by atoms with E-state index in [9.17, 15) is 4.79 Å². The van der Waals surface area contributed by atoms with Crippen molar-refractivity contribution in [3.8, 4) is 5.75 Å². The molecule has 0 unspecified atom stereocenters. The first-order valence-corrected chi connectivity index (χ1v) is 9.33. The molecule has 1 N–H and O–H groups in total. The lowest BCUT2D eigenvalue weighted by molar-refractivity contribution is -0.127. The van der Waals surface area contributed by atoms with Crippen LogP contribution in [0.15, 0.2) is 36.4 Å². The number of carbonyl (C=O) groups is 1. The highest BCUT2D eigenvalue weighted by molar-refractivity contribution is 5.81. The Morgan fingerprint density at radius 2 is 1.62 bits per heavy atom. The molecule has 1 amide bonds. The average molecular weight is 354 g/mol. The zero-order valence-corrected chi connectivity index (χ0v) is 17.0. The Bertz CT molecular complexity index is 780. The van der Waals surface area contributed by atoms with Crippen LogP contribution in [0.25, 0.3) is 0 Å². The van der Waals surface area contributed by atoms with Crippen LogP contribution < -0.4 is 10.1 Å². The number of rotatable bonds is 6. The van der Waals surface area contributed by atoms with Gasteiger partial charge in [0.25, 0.3) is 5.91 Å². The highest BCUT2D eigenvalue weighted by Gasteiger charge is 2.20. The molecule has 0 saturated carbocycles. The minimum absolute atomic E-state index is 0.0603. The molecule has 0 heterocycles. The van der Waals surface area contributed by atoms with Gasteiger partial charge in [-0.25, -0.2) is 0 Å². The summed E-state index contributed by atoms with van der Waals surface area (Å²) in [6.45, 7) is 14.3. The van der Waals surface area contributed by atoms with Gasteiger partial charge < -0.3 is 10.1 Å². The molecule has 0 bridgehead atoms. The summed E-state index contributed by atoms with van der Waals surface area (Å²) >= 11 is 0. The second-order valence-electron chi connectivity index (χ2n) is 7.53. The molecule has 2 aromatic carbocycles. The molecule has 0 fully saturated rings. The lowest BCUT2D eigenvalue weighted by atomic mass is 10.0. The van der Waals surface area contributed by atoms with Gasteiger partial charge in [-0.3, -0.25) is 4.79 Å². The van der Waals surface area contributed by atoms with Crippen LogP contribution in [-0.4, -0.2) is 12.0 Å². The first-order valence-electron chi connectivity index (χ1n) is 9.33. The van der Waals surface area contributed by atoms with Crippen LogP contribution in [0.2, 0.25) is 0 Å². The topological polar surface area (TPSA) is 38.3 Å². The van der Waals surface area contributed by atoms with Gasteiger partial charge in [0.05, 0.1) is 6.04 Å². The predicted octanol–water partition coefficient (Wildman–Crippen LogP) is 5.38. The average Bonchev–Trinajstić information content (AvgIpc) is 2.56. The summed E-state index contributed by atoms with van der Waals surface area (Å²) in [5.74, 6) is 1.03. The highest BCUT2D eigenvalue weighted by Crippen LogP contribution is 2.28. The molecule has 0 aromatic heterocycles. The molecule has 2 aromatic rings. The Hall–Kier alpha value is -2.29. The van der Waals surface area contributed by atoms with Gasteiger partial charge >= 0.3 is 0 Å². The standard InChI is InChI=1S/C23H31NO2/c1-14(2)21-11-8-15(3)12-22(21)26-19(7)23(25)24-18(6)20-10-9-16(4)17(5)13-20/h8-14,18-19H,1-7H3,(H,24,25)/t18-,19-/m1/s1. The van der Waals surface area contributed by atoms with Crippen molar-refractivity contribution in [1.29, 1.82) is 0 Å². The molecule has 140 valence electrons. The molecule has 2 rings (SSSR count). The van der Waals surface area contributed by atoms with E-state index in [2.05, 4.69) is 63.3 Å². The number of hydrogen-bond acceptors (Lipinski definition) is 2. The molecule has 0 aliphatic heterocycles. The van der Waals surface area contributed by atoms with E-state index in [-0.39, 0.29) is 11.9 Å². The van der Waals surface area contributed by atoms with Gasteiger partial charge in [0.2, 0.25) is 0 Å². The summed E-state index contributed by atoms with van der Waals surface area (Å²) in [6, 6.07) is 12.4. The van der Waals surface area contributed by atoms with E-state index in [1.807, 2.05) is 19.9 Å². The molecule has 3 nitrogen and oxygen atoms in total. The Kier molecular flexibility index (Phi) is 6.47. The van der Waals surface area contributed by atoms with E-state index in [1.165, 1.54) is 11.1 Å².